The molecule has 14 aromatic carbocycles. The number of aryl methyl sites for hydroxylation is 1. The van der Waals surface area contributed by atoms with E-state index in [1.807, 2.05) is 54.7 Å². The second kappa shape index (κ2) is 29.4. The van der Waals surface area contributed by atoms with Crippen LogP contribution < -0.4 is 34.1 Å². The second-order valence-corrected chi connectivity index (χ2v) is 27.1. The maximum Gasteiger partial charge on any atom is 0.153 e. The summed E-state index contributed by atoms with van der Waals surface area (Å²) in [6.07, 6.45) is 1.95. The van der Waals surface area contributed by atoms with Gasteiger partial charge in [-0.1, -0.05) is 220 Å². The summed E-state index contributed by atoms with van der Waals surface area (Å²) in [5.74, 6) is 1.49. The summed E-state index contributed by atoms with van der Waals surface area (Å²) >= 11 is 0. The number of rotatable bonds is 16. The van der Waals surface area contributed by atoms with Gasteiger partial charge in [0.05, 0.1) is 57.4 Å². The van der Waals surface area contributed by atoms with E-state index in [4.69, 9.17) is 14.7 Å². The van der Waals surface area contributed by atoms with Crippen LogP contribution in [0.2, 0.25) is 0 Å². The fraction of sp³-hybridized carbons (Fsp3) is 0.0408. The number of pyridine rings is 2. The predicted octanol–water partition coefficient (Wildman–Crippen LogP) is 27.4. The van der Waals surface area contributed by atoms with Gasteiger partial charge in [0.1, 0.15) is 0 Å². The zero-order valence-corrected chi connectivity index (χ0v) is 59.7. The molecule has 18 rings (SSSR count). The molecule has 0 atom stereocenters. The molecule has 0 saturated heterocycles. The number of nitrogens with zero attached hydrogens (tertiary/aromatic N) is 8. The highest BCUT2D eigenvalue weighted by Gasteiger charge is 2.39. The molecule has 0 aliphatic carbocycles. The van der Waals surface area contributed by atoms with Crippen LogP contribution in [0.5, 0.6) is 11.5 Å². The molecule has 0 unspecified atom stereocenters. The Hall–Kier alpha value is -14.0. The molecule has 514 valence electrons. The lowest BCUT2D eigenvalue weighted by Crippen LogP contribution is -2.31. The highest BCUT2D eigenvalue weighted by Crippen LogP contribution is 2.57. The smallest absolute Gasteiger partial charge is 0.153 e. The van der Waals surface area contributed by atoms with Crippen LogP contribution in [0, 0.1) is 6.92 Å². The van der Waals surface area contributed by atoms with Crippen molar-refractivity contribution in [3.63, 3.8) is 0 Å². The molecule has 16 aromatic rings. The highest BCUT2D eigenvalue weighted by atomic mass is 16.5. The van der Waals surface area contributed by atoms with Crippen molar-refractivity contribution in [3.8, 4) is 34.0 Å². The van der Waals surface area contributed by atoms with Gasteiger partial charge in [-0.25, -0.2) is 0 Å². The van der Waals surface area contributed by atoms with Crippen molar-refractivity contribution in [3.05, 3.63) is 423 Å². The van der Waals surface area contributed by atoms with E-state index in [-0.39, 0.29) is 5.41 Å². The summed E-state index contributed by atoms with van der Waals surface area (Å²) in [6.45, 7) is 6.86. The first kappa shape index (κ1) is 66.2. The number of hydrogen-bond acceptors (Lipinski definition) is 9. The third kappa shape index (κ3) is 13.3. The van der Waals surface area contributed by atoms with Gasteiger partial charge in [-0.05, 0) is 200 Å². The Morgan fingerprint density at radius 3 is 0.850 bits per heavy atom. The predicted molar refractivity (Wildman–Crippen MR) is 444 cm³/mol. The van der Waals surface area contributed by atoms with Crippen molar-refractivity contribution in [2.45, 2.75) is 26.2 Å². The van der Waals surface area contributed by atoms with Crippen LogP contribution in [0.25, 0.3) is 22.5 Å². The van der Waals surface area contributed by atoms with Crippen LogP contribution in [0.4, 0.5) is 102 Å². The molecule has 2 aliphatic heterocycles. The van der Waals surface area contributed by atoms with Gasteiger partial charge in [-0.15, -0.1) is 0 Å². The molecule has 0 saturated carbocycles. The Bertz CT molecular complexity index is 5280. The van der Waals surface area contributed by atoms with E-state index in [1.54, 1.807) is 0 Å². The van der Waals surface area contributed by atoms with Crippen LogP contribution in [-0.4, -0.2) is 9.97 Å². The van der Waals surface area contributed by atoms with E-state index >= 15 is 0 Å². The summed E-state index contributed by atoms with van der Waals surface area (Å²) in [6, 6.07) is 140. The molecule has 0 N–H and O–H groups in total. The molecule has 0 radical (unpaired) electrons. The zero-order chi connectivity index (χ0) is 72.1. The lowest BCUT2D eigenvalue weighted by molar-refractivity contribution is 0.477. The Morgan fingerprint density at radius 2 is 0.542 bits per heavy atom. The molecular formula is C98H76N8O. The fourth-order valence-corrected chi connectivity index (χ4v) is 14.9. The zero-order valence-electron chi connectivity index (χ0n) is 59.7. The first-order valence-electron chi connectivity index (χ1n) is 36.3. The van der Waals surface area contributed by atoms with Crippen molar-refractivity contribution < 1.29 is 4.74 Å². The molecule has 0 amide bonds. The van der Waals surface area contributed by atoms with E-state index in [0.29, 0.717) is 0 Å². The largest absolute Gasteiger partial charge is 0.453 e. The van der Waals surface area contributed by atoms with Crippen molar-refractivity contribution in [1.29, 1.82) is 0 Å². The topological polar surface area (TPSA) is 54.5 Å². The normalized spacial score (nSPS) is 12.2. The molecule has 2 aromatic heterocycles. The number of anilines is 18. The number of hydrogen-bond donors (Lipinski definition) is 0. The Kier molecular flexibility index (Phi) is 18.2. The molecule has 107 heavy (non-hydrogen) atoms. The van der Waals surface area contributed by atoms with Gasteiger partial charge in [-0.3, -0.25) is 9.97 Å². The van der Waals surface area contributed by atoms with E-state index in [2.05, 4.69) is 402 Å². The SMILES string of the molecule is Cc1nc(-c2ccccc2)ccc1N1c2ccc(N(c3ccccc3)c3ccccc3)cc2C(C)(C)c2cc(N(c3ccccc3)c3ccccc3)ccc21.c1ccc(-c2ccc(N3c4ccc(N(c5ccccc5)c5ccccc5)cc4Oc4cc(N(c5ccccc5)c5ccccc5)ccc43)cn2)cc1. The quantitative estimate of drug-likeness (QED) is 0.0942. The van der Waals surface area contributed by atoms with Gasteiger partial charge in [0.25, 0.3) is 0 Å². The third-order valence-electron chi connectivity index (χ3n) is 20.0. The number of para-hydroxylation sites is 8. The van der Waals surface area contributed by atoms with E-state index in [0.717, 1.165) is 142 Å². The lowest BCUT2D eigenvalue weighted by atomic mass is 9.73. The van der Waals surface area contributed by atoms with E-state index in [9.17, 15) is 0 Å². The van der Waals surface area contributed by atoms with Gasteiger partial charge in [-0.2, -0.15) is 0 Å². The second-order valence-electron chi connectivity index (χ2n) is 27.1. The number of fused-ring (bicyclic) bond motifs is 4. The Balaban J connectivity index is 0.000000157. The minimum absolute atomic E-state index is 0.364. The van der Waals surface area contributed by atoms with E-state index < -0.39 is 0 Å². The van der Waals surface area contributed by atoms with Crippen molar-refractivity contribution >= 4 is 102 Å². The molecule has 0 fully saturated rings. The summed E-state index contributed by atoms with van der Waals surface area (Å²) in [5.41, 5.74) is 26.2. The monoisotopic (exact) mass is 1380 g/mol. The fourth-order valence-electron chi connectivity index (χ4n) is 14.9. The Morgan fingerprint density at radius 1 is 0.262 bits per heavy atom. The van der Waals surface area contributed by atoms with Gasteiger partial charge in [0, 0.05) is 96.9 Å². The first-order valence-corrected chi connectivity index (χ1v) is 36.3. The molecule has 9 heteroatoms. The first-order chi connectivity index (χ1) is 52.8. The number of benzene rings is 14. The highest BCUT2D eigenvalue weighted by molar-refractivity contribution is 5.94. The third-order valence-corrected chi connectivity index (χ3v) is 20.0. The van der Waals surface area contributed by atoms with Gasteiger partial charge in [0.15, 0.2) is 11.5 Å². The standard InChI is InChI=1S/C51H42N4.C47H34N4O/c1-37-48(34-31-47(52-37)38-19-9-4-10-20-38)55-49-32-29-43(53(39-21-11-5-12-22-39)40-23-13-6-14-24-40)35-45(49)51(2,3)46-36-44(30-33-50(46)55)54(41-25-15-7-16-26-41)42-27-17-8-18-28-42;1-6-16-35(17-7-1)43-29-26-42(34-48-43)51-44-30-27-40(49(36-18-8-2-9-19-36)37-20-10-3-11-21-37)32-46(44)52-47-33-41(28-31-45(47)51)50(38-22-12-4-13-23-38)39-24-14-5-15-25-39/h4-36H,1-3H3;1-34H. The van der Waals surface area contributed by atoms with Crippen LogP contribution in [0.1, 0.15) is 30.7 Å². The maximum absolute atomic E-state index is 6.93. The van der Waals surface area contributed by atoms with Crippen LogP contribution >= 0.6 is 0 Å². The Labute approximate surface area is 626 Å². The molecule has 9 nitrogen and oxygen atoms in total. The molecule has 2 aliphatic rings. The minimum atomic E-state index is -0.364. The number of aromatic nitrogens is 2. The average molecular weight is 1380 g/mol. The maximum atomic E-state index is 6.93. The molecule has 4 heterocycles. The summed E-state index contributed by atoms with van der Waals surface area (Å²) in [5, 5.41) is 0. The minimum Gasteiger partial charge on any atom is -0.453 e. The van der Waals surface area contributed by atoms with Crippen molar-refractivity contribution in [1.82, 2.24) is 9.97 Å². The summed E-state index contributed by atoms with van der Waals surface area (Å²) in [7, 11) is 0. The van der Waals surface area contributed by atoms with Gasteiger partial charge < -0.3 is 34.1 Å². The molecule has 0 spiro atoms. The van der Waals surface area contributed by atoms with Crippen molar-refractivity contribution in [2.75, 3.05) is 29.4 Å². The average Bonchev–Trinajstić information content (AvgIpc) is 0.711. The van der Waals surface area contributed by atoms with Crippen LogP contribution in [-0.2, 0) is 5.41 Å². The molecule has 0 bridgehead atoms. The number of ether oxygens (including phenoxy) is 1. The van der Waals surface area contributed by atoms with E-state index in [1.165, 1.54) is 11.1 Å². The van der Waals surface area contributed by atoms with Crippen molar-refractivity contribution in [2.24, 2.45) is 0 Å². The summed E-state index contributed by atoms with van der Waals surface area (Å²) in [4.78, 5) is 24.0. The lowest BCUT2D eigenvalue weighted by Gasteiger charge is -2.43. The van der Waals surface area contributed by atoms with Crippen LogP contribution in [0.15, 0.2) is 407 Å². The van der Waals surface area contributed by atoms with Gasteiger partial charge >= 0.3 is 0 Å². The van der Waals surface area contributed by atoms with Gasteiger partial charge in [0.2, 0.25) is 0 Å². The summed E-state index contributed by atoms with van der Waals surface area (Å²) < 4.78 is 6.93. The molecular weight excluding hydrogens is 1310 g/mol. The van der Waals surface area contributed by atoms with Crippen LogP contribution in [0.3, 0.4) is 0 Å².